The average molecular weight is 373 g/mol. The molecule has 0 amide bonds. The molecule has 6 nitrogen and oxygen atoms in total. The molecule has 0 aliphatic heterocycles. The minimum absolute atomic E-state index is 0.0714. The molecule has 27 heavy (non-hydrogen) atoms. The van der Waals surface area contributed by atoms with Crippen molar-refractivity contribution in [2.45, 2.75) is 52.6 Å². The van der Waals surface area contributed by atoms with Crippen LogP contribution in [0.1, 0.15) is 37.2 Å². The Labute approximate surface area is 159 Å². The molecule has 1 aromatic heterocycles. The van der Waals surface area contributed by atoms with Crippen LogP contribution in [0.3, 0.4) is 0 Å². The fourth-order valence-electron chi connectivity index (χ4n) is 3.13. The summed E-state index contributed by atoms with van der Waals surface area (Å²) < 4.78 is 5.83. The zero-order chi connectivity index (χ0) is 20.1. The molecule has 3 N–H and O–H groups in total. The molecule has 1 unspecified atom stereocenters. The van der Waals surface area contributed by atoms with Crippen molar-refractivity contribution in [3.63, 3.8) is 0 Å². The van der Waals surface area contributed by atoms with E-state index >= 15 is 0 Å². The van der Waals surface area contributed by atoms with E-state index in [2.05, 4.69) is 11.4 Å². The number of hydrogen-bond donors (Lipinski definition) is 3. The number of nitrogens with one attached hydrogen (secondary N) is 1. The van der Waals surface area contributed by atoms with Gasteiger partial charge in [0.2, 0.25) is 0 Å². The van der Waals surface area contributed by atoms with Crippen LogP contribution in [0.25, 0.3) is 11.3 Å². The molecule has 0 saturated carbocycles. The number of aryl methyl sites for hydroxylation is 2. The largest absolute Gasteiger partial charge is 0.480 e. The van der Waals surface area contributed by atoms with Gasteiger partial charge in [0.25, 0.3) is 0 Å². The number of rotatable bonds is 9. The van der Waals surface area contributed by atoms with Crippen LogP contribution in [0.2, 0.25) is 0 Å². The standard InChI is InChI=1S/C21H27NO5/c1-12(2)7-17(20(23)24)22-18(21(25)26)11-16-5-6-19(27-16)15-9-13(3)8-14(4)10-15/h5-6,8-10,12,17-18,22H,7,11H2,1-4H3,(H,23,24)(H,25,26)/t17-,18?/m0/s1. The van der Waals surface area contributed by atoms with Crippen molar-refractivity contribution in [3.8, 4) is 11.3 Å². The summed E-state index contributed by atoms with van der Waals surface area (Å²) in [6.45, 7) is 7.81. The van der Waals surface area contributed by atoms with Crippen LogP contribution in [0.5, 0.6) is 0 Å². The predicted molar refractivity (Wildman–Crippen MR) is 103 cm³/mol. The second-order valence-corrected chi connectivity index (χ2v) is 7.42. The monoisotopic (exact) mass is 373 g/mol. The Balaban J connectivity index is 2.16. The normalized spacial score (nSPS) is 13.5. The third-order valence-corrected chi connectivity index (χ3v) is 4.28. The molecule has 2 atom stereocenters. The van der Waals surface area contributed by atoms with Crippen molar-refractivity contribution >= 4 is 11.9 Å². The molecular weight excluding hydrogens is 346 g/mol. The highest BCUT2D eigenvalue weighted by atomic mass is 16.4. The van der Waals surface area contributed by atoms with Crippen molar-refractivity contribution < 1.29 is 24.2 Å². The smallest absolute Gasteiger partial charge is 0.321 e. The molecule has 1 heterocycles. The summed E-state index contributed by atoms with van der Waals surface area (Å²) in [4.78, 5) is 23.0. The minimum Gasteiger partial charge on any atom is -0.480 e. The van der Waals surface area contributed by atoms with Crippen LogP contribution in [0, 0.1) is 19.8 Å². The van der Waals surface area contributed by atoms with Crippen LogP contribution >= 0.6 is 0 Å². The van der Waals surface area contributed by atoms with Gasteiger partial charge in [0.1, 0.15) is 23.6 Å². The summed E-state index contributed by atoms with van der Waals surface area (Å²) in [5.74, 6) is -0.858. The molecule has 0 bridgehead atoms. The fraction of sp³-hybridized carbons (Fsp3) is 0.429. The van der Waals surface area contributed by atoms with Crippen molar-refractivity contribution in [1.82, 2.24) is 5.32 Å². The summed E-state index contributed by atoms with van der Waals surface area (Å²) in [7, 11) is 0. The Morgan fingerprint density at radius 2 is 1.59 bits per heavy atom. The summed E-state index contributed by atoms with van der Waals surface area (Å²) >= 11 is 0. The van der Waals surface area contributed by atoms with Gasteiger partial charge in [0.05, 0.1) is 0 Å². The quantitative estimate of drug-likeness (QED) is 0.620. The maximum atomic E-state index is 11.6. The number of furan rings is 1. The maximum absolute atomic E-state index is 11.6. The summed E-state index contributed by atoms with van der Waals surface area (Å²) in [6.07, 6.45) is 0.424. The Morgan fingerprint density at radius 3 is 2.11 bits per heavy atom. The Bertz CT molecular complexity index is 788. The molecule has 0 saturated heterocycles. The molecule has 1 aromatic carbocycles. The van der Waals surface area contributed by atoms with E-state index in [9.17, 15) is 19.8 Å². The van der Waals surface area contributed by atoms with Crippen LogP contribution in [-0.4, -0.2) is 34.2 Å². The molecule has 0 spiro atoms. The van der Waals surface area contributed by atoms with Crippen molar-refractivity contribution in [1.29, 1.82) is 0 Å². The van der Waals surface area contributed by atoms with Crippen LogP contribution in [0.15, 0.2) is 34.7 Å². The van der Waals surface area contributed by atoms with Gasteiger partial charge in [-0.1, -0.05) is 31.0 Å². The topological polar surface area (TPSA) is 99.8 Å². The first-order valence-corrected chi connectivity index (χ1v) is 9.04. The first kappa shape index (κ1) is 20.7. The van der Waals surface area contributed by atoms with Crippen molar-refractivity contribution in [2.75, 3.05) is 0 Å². The molecule has 2 aromatic rings. The van der Waals surface area contributed by atoms with Gasteiger partial charge < -0.3 is 14.6 Å². The molecule has 6 heteroatoms. The lowest BCUT2D eigenvalue weighted by molar-refractivity contribution is -0.143. The zero-order valence-electron chi connectivity index (χ0n) is 16.2. The molecule has 0 aliphatic rings. The van der Waals surface area contributed by atoms with E-state index in [1.54, 1.807) is 6.07 Å². The summed E-state index contributed by atoms with van der Waals surface area (Å²) in [5.41, 5.74) is 3.17. The number of carbonyl (C=O) groups is 2. The van der Waals surface area contributed by atoms with E-state index in [1.807, 2.05) is 45.9 Å². The lowest BCUT2D eigenvalue weighted by atomic mass is 10.0. The van der Waals surface area contributed by atoms with Crippen molar-refractivity contribution in [3.05, 3.63) is 47.2 Å². The van der Waals surface area contributed by atoms with E-state index < -0.39 is 24.0 Å². The van der Waals surface area contributed by atoms with Crippen LogP contribution in [0.4, 0.5) is 0 Å². The minimum atomic E-state index is -1.10. The Morgan fingerprint density at radius 1 is 1.00 bits per heavy atom. The van der Waals surface area contributed by atoms with Crippen LogP contribution < -0.4 is 5.32 Å². The van der Waals surface area contributed by atoms with E-state index in [-0.39, 0.29) is 12.3 Å². The van der Waals surface area contributed by atoms with E-state index in [0.717, 1.165) is 16.7 Å². The van der Waals surface area contributed by atoms with Crippen LogP contribution in [-0.2, 0) is 16.0 Å². The van der Waals surface area contributed by atoms with E-state index in [1.165, 1.54) is 0 Å². The fourth-order valence-corrected chi connectivity index (χ4v) is 3.13. The third-order valence-electron chi connectivity index (χ3n) is 4.28. The van der Waals surface area contributed by atoms with Gasteiger partial charge in [-0.2, -0.15) is 0 Å². The Hall–Kier alpha value is -2.60. The molecule has 0 radical (unpaired) electrons. The zero-order valence-corrected chi connectivity index (χ0v) is 16.2. The highest BCUT2D eigenvalue weighted by Crippen LogP contribution is 2.25. The lowest BCUT2D eigenvalue weighted by Crippen LogP contribution is -2.48. The molecule has 2 rings (SSSR count). The molecular formula is C21H27NO5. The number of benzene rings is 1. The number of aliphatic carboxylic acids is 2. The lowest BCUT2D eigenvalue weighted by Gasteiger charge is -2.21. The predicted octanol–water partition coefficient (Wildman–Crippen LogP) is 3.65. The van der Waals surface area contributed by atoms with Gasteiger partial charge in [-0.3, -0.25) is 14.9 Å². The van der Waals surface area contributed by atoms with Gasteiger partial charge in [-0.15, -0.1) is 0 Å². The van der Waals surface area contributed by atoms with Gasteiger partial charge in [0, 0.05) is 12.0 Å². The van der Waals surface area contributed by atoms with Gasteiger partial charge >= 0.3 is 11.9 Å². The van der Waals surface area contributed by atoms with Gasteiger partial charge in [-0.25, -0.2) is 0 Å². The highest BCUT2D eigenvalue weighted by Gasteiger charge is 2.27. The van der Waals surface area contributed by atoms with E-state index in [0.29, 0.717) is 17.9 Å². The SMILES string of the molecule is Cc1cc(C)cc(-c2ccc(CC(N[C@@H](CC(C)C)C(=O)O)C(=O)O)o2)c1. The second kappa shape index (κ2) is 8.86. The maximum Gasteiger partial charge on any atom is 0.321 e. The second-order valence-electron chi connectivity index (χ2n) is 7.42. The first-order chi connectivity index (χ1) is 12.7. The van der Waals surface area contributed by atoms with E-state index in [4.69, 9.17) is 4.42 Å². The summed E-state index contributed by atoms with van der Waals surface area (Å²) in [6, 6.07) is 7.67. The number of carboxylic acids is 2. The summed E-state index contributed by atoms with van der Waals surface area (Å²) in [5, 5.41) is 21.6. The van der Waals surface area contributed by atoms with Gasteiger partial charge in [-0.05, 0) is 50.5 Å². The highest BCUT2D eigenvalue weighted by molar-refractivity contribution is 5.77. The molecule has 0 fully saturated rings. The van der Waals surface area contributed by atoms with Crippen molar-refractivity contribution in [2.24, 2.45) is 5.92 Å². The van der Waals surface area contributed by atoms with Gasteiger partial charge in [0.15, 0.2) is 0 Å². The molecule has 0 aliphatic carbocycles. The average Bonchev–Trinajstić information content (AvgIpc) is 3.00. The third kappa shape index (κ3) is 5.96. The number of carboxylic acid groups (broad SMARTS) is 2. The Kier molecular flexibility index (Phi) is 6.80. The number of hydrogen-bond acceptors (Lipinski definition) is 4. The molecule has 146 valence electrons. The first-order valence-electron chi connectivity index (χ1n) is 9.04.